The predicted octanol–water partition coefficient (Wildman–Crippen LogP) is 3.19. The zero-order chi connectivity index (χ0) is 19.3. The number of carbonyl (C=O) groups is 2. The molecule has 0 aromatic heterocycles. The van der Waals surface area contributed by atoms with Crippen LogP contribution in [0.2, 0.25) is 10.0 Å². The fourth-order valence-electron chi connectivity index (χ4n) is 3.08. The number of nitrogens with zero attached hydrogens (tertiary/aromatic N) is 3. The quantitative estimate of drug-likeness (QED) is 0.443. The zero-order valence-electron chi connectivity index (χ0n) is 13.3. The first-order valence-corrected chi connectivity index (χ1v) is 8.45. The molecule has 1 saturated heterocycles. The maximum Gasteiger partial charge on any atom is 0.278 e. The van der Waals surface area contributed by atoms with Crippen LogP contribution in [0.5, 0.6) is 0 Å². The van der Waals surface area contributed by atoms with Crippen molar-refractivity contribution in [1.29, 1.82) is 0 Å². The molecule has 1 fully saturated rings. The molecule has 2 aromatic rings. The molecule has 10 heteroatoms. The molecule has 2 aliphatic heterocycles. The van der Waals surface area contributed by atoms with Crippen LogP contribution in [0.3, 0.4) is 0 Å². The van der Waals surface area contributed by atoms with Crippen LogP contribution in [0, 0.1) is 16.0 Å². The third-order valence-corrected chi connectivity index (χ3v) is 4.89. The Balaban J connectivity index is 1.69. The summed E-state index contributed by atoms with van der Waals surface area (Å²) in [7, 11) is 0. The Labute approximate surface area is 162 Å². The van der Waals surface area contributed by atoms with Gasteiger partial charge in [0.25, 0.3) is 11.6 Å². The molecule has 0 radical (unpaired) electrons. The Morgan fingerprint density at radius 2 is 1.78 bits per heavy atom. The molecule has 2 heterocycles. The van der Waals surface area contributed by atoms with Crippen LogP contribution >= 0.6 is 23.2 Å². The van der Waals surface area contributed by atoms with Gasteiger partial charge in [0.1, 0.15) is 11.6 Å². The number of anilines is 1. The fourth-order valence-corrected chi connectivity index (χ4v) is 3.58. The van der Waals surface area contributed by atoms with E-state index in [1.807, 2.05) is 0 Å². The molecule has 0 saturated carbocycles. The van der Waals surface area contributed by atoms with Gasteiger partial charge in [-0.05, 0) is 24.3 Å². The molecule has 0 N–H and O–H groups in total. The Bertz CT molecular complexity index is 1020. The van der Waals surface area contributed by atoms with Gasteiger partial charge in [0.05, 0.1) is 15.6 Å². The lowest BCUT2D eigenvalue weighted by molar-refractivity contribution is -0.384. The maximum absolute atomic E-state index is 12.9. The summed E-state index contributed by atoms with van der Waals surface area (Å²) in [5, 5.41) is 15.4. The minimum atomic E-state index is -1.10. The molecular formula is C17H9Cl2N3O5. The van der Waals surface area contributed by atoms with Crippen LogP contribution in [0.1, 0.15) is 5.56 Å². The molecule has 0 unspecified atom stereocenters. The number of fused-ring (bicyclic) bond motifs is 1. The third kappa shape index (κ3) is 2.73. The van der Waals surface area contributed by atoms with Crippen molar-refractivity contribution in [2.45, 2.75) is 6.10 Å². The highest BCUT2D eigenvalue weighted by atomic mass is 35.5. The highest BCUT2D eigenvalue weighted by molar-refractivity contribution is 6.39. The molecule has 136 valence electrons. The Kier molecular flexibility index (Phi) is 4.09. The average molecular weight is 406 g/mol. The normalized spacial score (nSPS) is 21.1. The van der Waals surface area contributed by atoms with E-state index in [1.165, 1.54) is 30.3 Å². The molecule has 0 spiro atoms. The van der Waals surface area contributed by atoms with Crippen molar-refractivity contribution >= 4 is 52.1 Å². The van der Waals surface area contributed by atoms with Gasteiger partial charge in [-0.25, -0.2) is 4.90 Å². The summed E-state index contributed by atoms with van der Waals surface area (Å²) in [5.74, 6) is -2.09. The summed E-state index contributed by atoms with van der Waals surface area (Å²) in [6.45, 7) is 0. The first kappa shape index (κ1) is 17.4. The number of nitro benzene ring substituents is 1. The van der Waals surface area contributed by atoms with E-state index in [0.29, 0.717) is 10.6 Å². The average Bonchev–Trinajstić information content (AvgIpc) is 3.16. The predicted molar refractivity (Wildman–Crippen MR) is 97.0 cm³/mol. The van der Waals surface area contributed by atoms with Gasteiger partial charge in [0, 0.05) is 22.7 Å². The minimum Gasteiger partial charge on any atom is -0.381 e. The fraction of sp³-hybridized carbons (Fsp3) is 0.118. The summed E-state index contributed by atoms with van der Waals surface area (Å²) in [4.78, 5) is 41.9. The monoisotopic (exact) mass is 405 g/mol. The Morgan fingerprint density at radius 1 is 1.07 bits per heavy atom. The molecule has 2 aliphatic rings. The number of imide groups is 1. The lowest BCUT2D eigenvalue weighted by atomic mass is 9.94. The minimum absolute atomic E-state index is 0.149. The summed E-state index contributed by atoms with van der Waals surface area (Å²) < 4.78 is 0. The molecule has 2 aromatic carbocycles. The smallest absolute Gasteiger partial charge is 0.278 e. The number of hydrogen-bond acceptors (Lipinski definition) is 6. The first-order valence-electron chi connectivity index (χ1n) is 7.70. The van der Waals surface area contributed by atoms with E-state index in [-0.39, 0.29) is 22.1 Å². The number of carbonyl (C=O) groups excluding carboxylic acids is 2. The number of amides is 2. The highest BCUT2D eigenvalue weighted by Gasteiger charge is 2.56. The van der Waals surface area contributed by atoms with Crippen LogP contribution in [-0.2, 0) is 14.4 Å². The summed E-state index contributed by atoms with van der Waals surface area (Å²) >= 11 is 12.1. The van der Waals surface area contributed by atoms with Gasteiger partial charge in [-0.3, -0.25) is 19.7 Å². The van der Waals surface area contributed by atoms with Gasteiger partial charge in [0.15, 0.2) is 0 Å². The lowest BCUT2D eigenvalue weighted by Gasteiger charge is -2.15. The number of nitro groups is 1. The topological polar surface area (TPSA) is 102 Å². The molecular weight excluding hydrogens is 397 g/mol. The van der Waals surface area contributed by atoms with Crippen LogP contribution in [0.15, 0.2) is 47.6 Å². The standard InChI is InChI=1S/C17H9Cl2N3O5/c18-8-1-6-11(12(19)7-8)14-13-15(27-20-14)17(24)21(16(13)23)9-2-4-10(5-3-9)22(25)26/h1-7,13,15H/t13-,15-/m0/s1. The van der Waals surface area contributed by atoms with Crippen molar-refractivity contribution in [2.24, 2.45) is 11.1 Å². The summed E-state index contributed by atoms with van der Waals surface area (Å²) in [6, 6.07) is 9.80. The van der Waals surface area contributed by atoms with Crippen LogP contribution in [0.4, 0.5) is 11.4 Å². The second kappa shape index (κ2) is 6.33. The van der Waals surface area contributed by atoms with E-state index in [9.17, 15) is 19.7 Å². The van der Waals surface area contributed by atoms with Crippen molar-refractivity contribution in [1.82, 2.24) is 0 Å². The number of benzene rings is 2. The molecule has 4 rings (SSSR count). The molecule has 0 bridgehead atoms. The SMILES string of the molecule is O=C1[C@H]2C(c3ccc(Cl)cc3Cl)=NO[C@@H]2C(=O)N1c1ccc([N+](=O)[O-])cc1. The maximum atomic E-state index is 12.9. The van der Waals surface area contributed by atoms with Gasteiger partial charge < -0.3 is 4.84 Å². The second-order valence-corrected chi connectivity index (χ2v) is 6.73. The molecule has 0 aliphatic carbocycles. The lowest BCUT2D eigenvalue weighted by Crippen LogP contribution is -2.33. The summed E-state index contributed by atoms with van der Waals surface area (Å²) in [5.41, 5.74) is 0.754. The van der Waals surface area contributed by atoms with E-state index in [4.69, 9.17) is 28.0 Å². The molecule has 2 atom stereocenters. The number of oxime groups is 1. The van der Waals surface area contributed by atoms with Crippen molar-refractivity contribution in [2.75, 3.05) is 4.90 Å². The number of hydrogen-bond donors (Lipinski definition) is 0. The molecule has 2 amide bonds. The number of rotatable bonds is 3. The van der Waals surface area contributed by atoms with Crippen molar-refractivity contribution in [3.8, 4) is 0 Å². The Hall–Kier alpha value is -2.97. The van der Waals surface area contributed by atoms with E-state index in [2.05, 4.69) is 5.16 Å². The summed E-state index contributed by atoms with van der Waals surface area (Å²) in [6.07, 6.45) is -1.10. The van der Waals surface area contributed by atoms with Gasteiger partial charge in [0.2, 0.25) is 12.0 Å². The van der Waals surface area contributed by atoms with Crippen LogP contribution < -0.4 is 4.90 Å². The number of halogens is 2. The molecule has 27 heavy (non-hydrogen) atoms. The Morgan fingerprint density at radius 3 is 2.41 bits per heavy atom. The second-order valence-electron chi connectivity index (χ2n) is 5.89. The van der Waals surface area contributed by atoms with Crippen LogP contribution in [-0.4, -0.2) is 28.6 Å². The van der Waals surface area contributed by atoms with Crippen molar-refractivity contribution in [3.05, 3.63) is 68.2 Å². The van der Waals surface area contributed by atoms with Gasteiger partial charge in [-0.2, -0.15) is 0 Å². The van der Waals surface area contributed by atoms with E-state index < -0.39 is 28.8 Å². The van der Waals surface area contributed by atoms with Gasteiger partial charge in [-0.1, -0.05) is 34.4 Å². The zero-order valence-corrected chi connectivity index (χ0v) is 14.8. The van der Waals surface area contributed by atoms with Crippen molar-refractivity contribution < 1.29 is 19.3 Å². The van der Waals surface area contributed by atoms with Gasteiger partial charge >= 0.3 is 0 Å². The van der Waals surface area contributed by atoms with Crippen molar-refractivity contribution in [3.63, 3.8) is 0 Å². The van der Waals surface area contributed by atoms with E-state index >= 15 is 0 Å². The van der Waals surface area contributed by atoms with E-state index in [1.54, 1.807) is 12.1 Å². The highest BCUT2D eigenvalue weighted by Crippen LogP contribution is 2.37. The largest absolute Gasteiger partial charge is 0.381 e. The van der Waals surface area contributed by atoms with E-state index in [0.717, 1.165) is 4.90 Å². The number of non-ortho nitro benzene ring substituents is 1. The molecule has 8 nitrogen and oxygen atoms in total. The van der Waals surface area contributed by atoms with Gasteiger partial charge in [-0.15, -0.1) is 0 Å². The first-order chi connectivity index (χ1) is 12.9. The third-order valence-electron chi connectivity index (χ3n) is 4.34. The van der Waals surface area contributed by atoms with Crippen LogP contribution in [0.25, 0.3) is 0 Å².